The Bertz CT molecular complexity index is 568. The van der Waals surface area contributed by atoms with E-state index in [1.807, 2.05) is 38.1 Å². The van der Waals surface area contributed by atoms with Crippen molar-refractivity contribution in [3.8, 4) is 11.5 Å². The van der Waals surface area contributed by atoms with Crippen molar-refractivity contribution < 1.29 is 18.1 Å². The van der Waals surface area contributed by atoms with Gasteiger partial charge in [0.25, 0.3) is 0 Å². The molecule has 0 aliphatic heterocycles. The van der Waals surface area contributed by atoms with Gasteiger partial charge in [0.05, 0.1) is 6.61 Å². The van der Waals surface area contributed by atoms with E-state index in [9.17, 15) is 4.57 Å². The van der Waals surface area contributed by atoms with Gasteiger partial charge in [-0.1, -0.05) is 35.4 Å². The Labute approximate surface area is 125 Å². The predicted molar refractivity (Wildman–Crippen MR) is 82.8 cm³/mol. The second-order valence-electron chi connectivity index (χ2n) is 4.67. The quantitative estimate of drug-likeness (QED) is 0.712. The van der Waals surface area contributed by atoms with Crippen molar-refractivity contribution in [2.75, 3.05) is 6.61 Å². The first-order chi connectivity index (χ1) is 10.0. The molecule has 0 aromatic heterocycles. The van der Waals surface area contributed by atoms with E-state index in [1.54, 1.807) is 31.2 Å². The SMILES string of the molecule is CCOP(=O)(Oc1ccc(C)cc1)Oc1ccc(C)cc1. The van der Waals surface area contributed by atoms with Gasteiger partial charge < -0.3 is 9.05 Å². The monoisotopic (exact) mass is 306 g/mol. The lowest BCUT2D eigenvalue weighted by Crippen LogP contribution is -2.05. The second kappa shape index (κ2) is 6.79. The van der Waals surface area contributed by atoms with E-state index in [-0.39, 0.29) is 6.61 Å². The minimum absolute atomic E-state index is 0.231. The van der Waals surface area contributed by atoms with Crippen molar-refractivity contribution >= 4 is 7.82 Å². The van der Waals surface area contributed by atoms with Crippen molar-refractivity contribution in [1.82, 2.24) is 0 Å². The van der Waals surface area contributed by atoms with Gasteiger partial charge >= 0.3 is 7.82 Å². The molecule has 112 valence electrons. The number of benzene rings is 2. The molecular weight excluding hydrogens is 287 g/mol. The molecule has 0 bridgehead atoms. The topological polar surface area (TPSA) is 44.8 Å². The third-order valence-corrected chi connectivity index (χ3v) is 4.21. The molecule has 0 saturated carbocycles. The maximum absolute atomic E-state index is 12.7. The Morgan fingerprint density at radius 3 is 1.52 bits per heavy atom. The summed E-state index contributed by atoms with van der Waals surface area (Å²) in [5.41, 5.74) is 2.18. The summed E-state index contributed by atoms with van der Waals surface area (Å²) in [6.45, 7) is 5.90. The van der Waals surface area contributed by atoms with Crippen LogP contribution in [0.15, 0.2) is 48.5 Å². The van der Waals surface area contributed by atoms with Crippen LogP contribution in [-0.2, 0) is 9.09 Å². The van der Waals surface area contributed by atoms with Crippen molar-refractivity contribution in [2.24, 2.45) is 0 Å². The molecule has 0 fully saturated rings. The largest absolute Gasteiger partial charge is 0.587 e. The first kappa shape index (κ1) is 15.6. The molecule has 0 N–H and O–H groups in total. The molecule has 0 aliphatic rings. The lowest BCUT2D eigenvalue weighted by atomic mass is 10.2. The molecule has 2 aromatic rings. The van der Waals surface area contributed by atoms with Crippen LogP contribution in [0.25, 0.3) is 0 Å². The zero-order chi connectivity index (χ0) is 15.3. The summed E-state index contributed by atoms with van der Waals surface area (Å²) < 4.78 is 28.7. The van der Waals surface area contributed by atoms with Crippen molar-refractivity contribution in [3.05, 3.63) is 59.7 Å². The first-order valence-corrected chi connectivity index (χ1v) is 8.24. The summed E-state index contributed by atoms with van der Waals surface area (Å²) in [5, 5.41) is 0. The van der Waals surface area contributed by atoms with Gasteiger partial charge in [-0.15, -0.1) is 0 Å². The second-order valence-corrected chi connectivity index (χ2v) is 6.19. The van der Waals surface area contributed by atoms with Crippen LogP contribution in [-0.4, -0.2) is 6.61 Å². The summed E-state index contributed by atoms with van der Waals surface area (Å²) in [7, 11) is -3.69. The third kappa shape index (κ3) is 4.62. The molecule has 0 heterocycles. The van der Waals surface area contributed by atoms with Crippen LogP contribution in [0.2, 0.25) is 0 Å². The van der Waals surface area contributed by atoms with Crippen molar-refractivity contribution in [2.45, 2.75) is 20.8 Å². The van der Waals surface area contributed by atoms with Crippen LogP contribution in [0.1, 0.15) is 18.1 Å². The van der Waals surface area contributed by atoms with Crippen LogP contribution in [0.5, 0.6) is 11.5 Å². The number of phosphoric ester groups is 1. The van der Waals surface area contributed by atoms with E-state index in [4.69, 9.17) is 13.6 Å². The molecular formula is C16H19O4P. The zero-order valence-corrected chi connectivity index (χ0v) is 13.3. The Morgan fingerprint density at radius 1 is 0.810 bits per heavy atom. The van der Waals surface area contributed by atoms with E-state index >= 15 is 0 Å². The Morgan fingerprint density at radius 2 is 1.19 bits per heavy atom. The average molecular weight is 306 g/mol. The van der Waals surface area contributed by atoms with E-state index in [2.05, 4.69) is 0 Å². The summed E-state index contributed by atoms with van der Waals surface area (Å²) in [5.74, 6) is 0.897. The van der Waals surface area contributed by atoms with Crippen LogP contribution in [0, 0.1) is 13.8 Å². The van der Waals surface area contributed by atoms with Crippen LogP contribution in [0.4, 0.5) is 0 Å². The molecule has 0 aliphatic carbocycles. The fourth-order valence-electron chi connectivity index (χ4n) is 1.69. The minimum Gasteiger partial charge on any atom is -0.395 e. The zero-order valence-electron chi connectivity index (χ0n) is 12.4. The maximum Gasteiger partial charge on any atom is 0.587 e. The van der Waals surface area contributed by atoms with E-state index in [0.717, 1.165) is 11.1 Å². The molecule has 21 heavy (non-hydrogen) atoms. The minimum atomic E-state index is -3.69. The van der Waals surface area contributed by atoms with Gasteiger partial charge in [0.15, 0.2) is 0 Å². The Kier molecular flexibility index (Phi) is 5.05. The maximum atomic E-state index is 12.7. The fourth-order valence-corrected chi connectivity index (χ4v) is 2.90. The van der Waals surface area contributed by atoms with E-state index in [1.165, 1.54) is 0 Å². The number of phosphoric acid groups is 1. The molecule has 0 atom stereocenters. The molecule has 2 aromatic carbocycles. The normalized spacial score (nSPS) is 11.2. The molecule has 4 nitrogen and oxygen atoms in total. The summed E-state index contributed by atoms with van der Waals surface area (Å²) in [6.07, 6.45) is 0. The number of rotatable bonds is 6. The van der Waals surface area contributed by atoms with Gasteiger partial charge in [0, 0.05) is 0 Å². The predicted octanol–water partition coefficient (Wildman–Crippen LogP) is 4.91. The van der Waals surface area contributed by atoms with Crippen LogP contribution < -0.4 is 9.05 Å². The lowest BCUT2D eigenvalue weighted by molar-refractivity contribution is 0.219. The fraction of sp³-hybridized carbons (Fsp3) is 0.250. The van der Waals surface area contributed by atoms with E-state index < -0.39 is 7.82 Å². The molecule has 0 unspecified atom stereocenters. The van der Waals surface area contributed by atoms with Gasteiger partial charge in [-0.25, -0.2) is 4.57 Å². The van der Waals surface area contributed by atoms with Crippen molar-refractivity contribution in [1.29, 1.82) is 0 Å². The highest BCUT2D eigenvalue weighted by Crippen LogP contribution is 2.49. The Hall–Kier alpha value is -1.77. The van der Waals surface area contributed by atoms with E-state index in [0.29, 0.717) is 11.5 Å². The molecule has 5 heteroatoms. The van der Waals surface area contributed by atoms with Crippen LogP contribution >= 0.6 is 7.82 Å². The van der Waals surface area contributed by atoms with Crippen LogP contribution in [0.3, 0.4) is 0 Å². The number of hydrogen-bond acceptors (Lipinski definition) is 4. The molecule has 0 radical (unpaired) electrons. The third-order valence-electron chi connectivity index (χ3n) is 2.76. The van der Waals surface area contributed by atoms with Gasteiger partial charge in [-0.05, 0) is 45.0 Å². The molecule has 0 spiro atoms. The first-order valence-electron chi connectivity index (χ1n) is 6.78. The number of aryl methyl sites for hydroxylation is 2. The van der Waals surface area contributed by atoms with Gasteiger partial charge in [-0.2, -0.15) is 0 Å². The average Bonchev–Trinajstić information content (AvgIpc) is 2.44. The lowest BCUT2D eigenvalue weighted by Gasteiger charge is -2.18. The molecule has 2 rings (SSSR count). The van der Waals surface area contributed by atoms with Gasteiger partial charge in [0.1, 0.15) is 11.5 Å². The highest BCUT2D eigenvalue weighted by molar-refractivity contribution is 7.49. The summed E-state index contributed by atoms with van der Waals surface area (Å²) in [4.78, 5) is 0. The summed E-state index contributed by atoms with van der Waals surface area (Å²) in [6, 6.07) is 14.4. The Balaban J connectivity index is 2.17. The highest BCUT2D eigenvalue weighted by atomic mass is 31.2. The standard InChI is InChI=1S/C16H19O4P/c1-4-18-21(17,19-15-9-5-13(2)6-10-15)20-16-11-7-14(3)8-12-16/h5-12H,4H2,1-3H3. The highest BCUT2D eigenvalue weighted by Gasteiger charge is 2.30. The number of hydrogen-bond donors (Lipinski definition) is 0. The van der Waals surface area contributed by atoms with Gasteiger partial charge in [-0.3, -0.25) is 4.52 Å². The van der Waals surface area contributed by atoms with Crippen molar-refractivity contribution in [3.63, 3.8) is 0 Å². The molecule has 0 saturated heterocycles. The summed E-state index contributed by atoms with van der Waals surface area (Å²) >= 11 is 0. The smallest absolute Gasteiger partial charge is 0.395 e. The molecule has 0 amide bonds. The van der Waals surface area contributed by atoms with Gasteiger partial charge in [0.2, 0.25) is 0 Å².